The van der Waals surface area contributed by atoms with Gasteiger partial charge in [-0.3, -0.25) is 0 Å². The van der Waals surface area contributed by atoms with Crippen LogP contribution in [0.15, 0.2) is 18.2 Å². The third-order valence-electron chi connectivity index (χ3n) is 2.32. The molecule has 1 N–H and O–H groups in total. The Kier molecular flexibility index (Phi) is 3.83. The van der Waals surface area contributed by atoms with Crippen molar-refractivity contribution in [2.24, 2.45) is 0 Å². The molecule has 0 aliphatic rings. The van der Waals surface area contributed by atoms with Crippen molar-refractivity contribution >= 4 is 5.97 Å². The fourth-order valence-corrected chi connectivity index (χ4v) is 1.64. The Balaban J connectivity index is 3.37. The lowest BCUT2D eigenvalue weighted by Gasteiger charge is -2.28. The number of carboxylic acids is 1. The molecule has 94 valence electrons. The molecule has 0 heterocycles. The number of aliphatic carboxylic acids is 1. The quantitative estimate of drug-likeness (QED) is 0.885. The number of benzene rings is 1. The van der Waals surface area contributed by atoms with Gasteiger partial charge in [0, 0.05) is 0 Å². The largest absolute Gasteiger partial charge is 0.479 e. The molecule has 1 aromatic rings. The molecule has 0 aliphatic heterocycles. The lowest BCUT2D eigenvalue weighted by Crippen LogP contribution is -2.39. The minimum Gasteiger partial charge on any atom is -0.479 e. The summed E-state index contributed by atoms with van der Waals surface area (Å²) in [6.07, 6.45) is -0.477. The zero-order valence-electron chi connectivity index (χ0n) is 9.83. The average Bonchev–Trinajstić information content (AvgIpc) is 2.15. The second kappa shape index (κ2) is 4.79. The fraction of sp³-hybridized carbons (Fsp3) is 0.417. The molecule has 0 spiro atoms. The molecule has 0 fully saturated rings. The molecule has 0 bridgehead atoms. The first kappa shape index (κ1) is 13.6. The van der Waals surface area contributed by atoms with Gasteiger partial charge in [0.2, 0.25) is 0 Å². The number of hydrogen-bond donors (Lipinski definition) is 1. The minimum absolute atomic E-state index is 0.477. The van der Waals surface area contributed by atoms with Crippen molar-refractivity contribution in [1.82, 2.24) is 0 Å². The van der Waals surface area contributed by atoms with Crippen molar-refractivity contribution in [3.05, 3.63) is 35.4 Å². The predicted molar refractivity (Wildman–Crippen MR) is 57.6 cm³/mol. The molecule has 0 saturated heterocycles. The van der Waals surface area contributed by atoms with Crippen molar-refractivity contribution < 1.29 is 23.4 Å². The van der Waals surface area contributed by atoms with Crippen LogP contribution in [0.4, 0.5) is 8.78 Å². The maximum absolute atomic E-state index is 13.6. The minimum atomic E-state index is -2.04. The maximum atomic E-state index is 13.6. The summed E-state index contributed by atoms with van der Waals surface area (Å²) in [5, 5.41) is 9.13. The highest BCUT2D eigenvalue weighted by Crippen LogP contribution is 2.31. The van der Waals surface area contributed by atoms with Crippen molar-refractivity contribution in [2.75, 3.05) is 0 Å². The van der Waals surface area contributed by atoms with Gasteiger partial charge in [-0.1, -0.05) is 6.07 Å². The second-order valence-electron chi connectivity index (χ2n) is 4.10. The highest BCUT2D eigenvalue weighted by atomic mass is 19.1. The van der Waals surface area contributed by atoms with Gasteiger partial charge < -0.3 is 9.84 Å². The first-order chi connectivity index (χ1) is 7.79. The van der Waals surface area contributed by atoms with Crippen molar-refractivity contribution in [3.63, 3.8) is 0 Å². The first-order valence-corrected chi connectivity index (χ1v) is 5.14. The Morgan fingerprint density at radius 2 is 1.82 bits per heavy atom. The number of halogens is 2. The van der Waals surface area contributed by atoms with E-state index in [4.69, 9.17) is 9.84 Å². The zero-order chi connectivity index (χ0) is 13.2. The Hall–Kier alpha value is -1.49. The van der Waals surface area contributed by atoms with Gasteiger partial charge in [-0.05, 0) is 32.9 Å². The van der Waals surface area contributed by atoms with E-state index in [-0.39, 0.29) is 0 Å². The van der Waals surface area contributed by atoms with E-state index in [0.29, 0.717) is 0 Å². The van der Waals surface area contributed by atoms with Gasteiger partial charge >= 0.3 is 5.97 Å². The molecule has 1 unspecified atom stereocenters. The molecule has 1 rings (SSSR count). The van der Waals surface area contributed by atoms with Crippen LogP contribution in [0.25, 0.3) is 0 Å². The third kappa shape index (κ3) is 2.61. The Labute approximate surface area is 98.0 Å². The molecule has 0 radical (unpaired) electrons. The van der Waals surface area contributed by atoms with Crippen molar-refractivity contribution in [1.29, 1.82) is 0 Å². The van der Waals surface area contributed by atoms with Crippen LogP contribution < -0.4 is 0 Å². The number of rotatable bonds is 4. The number of hydrogen-bond acceptors (Lipinski definition) is 2. The van der Waals surface area contributed by atoms with Gasteiger partial charge in [-0.25, -0.2) is 13.6 Å². The molecule has 1 aromatic carbocycles. The molecular weight excluding hydrogens is 230 g/mol. The summed E-state index contributed by atoms with van der Waals surface area (Å²) < 4.78 is 32.3. The van der Waals surface area contributed by atoms with E-state index in [9.17, 15) is 13.6 Å². The Bertz CT molecular complexity index is 412. The van der Waals surface area contributed by atoms with Gasteiger partial charge in [-0.15, -0.1) is 0 Å². The van der Waals surface area contributed by atoms with Crippen LogP contribution in [-0.2, 0) is 15.1 Å². The predicted octanol–water partition coefficient (Wildman–Crippen LogP) is 2.69. The molecule has 0 saturated carbocycles. The smallest absolute Gasteiger partial charge is 0.340 e. The summed E-state index contributed by atoms with van der Waals surface area (Å²) in [6.45, 7) is 4.33. The summed E-state index contributed by atoms with van der Waals surface area (Å²) in [6, 6.07) is 3.18. The van der Waals surface area contributed by atoms with E-state index in [2.05, 4.69) is 0 Å². The van der Waals surface area contributed by atoms with E-state index in [1.807, 2.05) is 0 Å². The SMILES string of the molecule is CC(C)OC(C)(C(=O)O)c1c(F)cccc1F. The summed E-state index contributed by atoms with van der Waals surface area (Å²) >= 11 is 0. The van der Waals surface area contributed by atoms with Gasteiger partial charge in [0.25, 0.3) is 0 Å². The van der Waals surface area contributed by atoms with Gasteiger partial charge in [0.15, 0.2) is 5.60 Å². The van der Waals surface area contributed by atoms with E-state index in [1.165, 1.54) is 6.07 Å². The average molecular weight is 244 g/mol. The van der Waals surface area contributed by atoms with Crippen LogP contribution >= 0.6 is 0 Å². The van der Waals surface area contributed by atoms with E-state index in [1.54, 1.807) is 13.8 Å². The van der Waals surface area contributed by atoms with Gasteiger partial charge in [-0.2, -0.15) is 0 Å². The van der Waals surface area contributed by atoms with Gasteiger partial charge in [0.05, 0.1) is 11.7 Å². The Morgan fingerprint density at radius 3 is 2.18 bits per heavy atom. The summed E-state index contributed by atoms with van der Waals surface area (Å²) in [7, 11) is 0. The summed E-state index contributed by atoms with van der Waals surface area (Å²) in [4.78, 5) is 11.2. The highest BCUT2D eigenvalue weighted by Gasteiger charge is 2.42. The highest BCUT2D eigenvalue weighted by molar-refractivity contribution is 5.79. The van der Waals surface area contributed by atoms with Gasteiger partial charge in [0.1, 0.15) is 11.6 Å². The topological polar surface area (TPSA) is 46.5 Å². The molecule has 5 heteroatoms. The Morgan fingerprint density at radius 1 is 1.35 bits per heavy atom. The van der Waals surface area contributed by atoms with Crippen LogP contribution in [0.2, 0.25) is 0 Å². The fourth-order valence-electron chi connectivity index (χ4n) is 1.64. The standard InChI is InChI=1S/C12H14F2O3/c1-7(2)17-12(3,11(15)16)10-8(13)5-4-6-9(10)14/h4-7H,1-3H3,(H,15,16). The molecule has 0 amide bonds. The lowest BCUT2D eigenvalue weighted by atomic mass is 9.94. The lowest BCUT2D eigenvalue weighted by molar-refractivity contribution is -0.171. The molecule has 0 aromatic heterocycles. The molecule has 17 heavy (non-hydrogen) atoms. The molecule has 0 aliphatic carbocycles. The van der Waals surface area contributed by atoms with Crippen LogP contribution in [0.3, 0.4) is 0 Å². The molecule has 3 nitrogen and oxygen atoms in total. The summed E-state index contributed by atoms with van der Waals surface area (Å²) in [5.41, 5.74) is -2.62. The maximum Gasteiger partial charge on any atom is 0.340 e. The van der Waals surface area contributed by atoms with Crippen LogP contribution in [-0.4, -0.2) is 17.2 Å². The zero-order valence-corrected chi connectivity index (χ0v) is 9.83. The van der Waals surface area contributed by atoms with Crippen LogP contribution in [0, 0.1) is 11.6 Å². The molecular formula is C12H14F2O3. The van der Waals surface area contributed by atoms with Crippen LogP contribution in [0.1, 0.15) is 26.3 Å². The third-order valence-corrected chi connectivity index (χ3v) is 2.32. The van der Waals surface area contributed by atoms with E-state index >= 15 is 0 Å². The van der Waals surface area contributed by atoms with E-state index in [0.717, 1.165) is 19.1 Å². The van der Waals surface area contributed by atoms with E-state index < -0.39 is 34.9 Å². The normalized spacial score (nSPS) is 14.7. The van der Waals surface area contributed by atoms with Crippen molar-refractivity contribution in [2.45, 2.75) is 32.5 Å². The first-order valence-electron chi connectivity index (χ1n) is 5.14. The summed E-state index contributed by atoms with van der Waals surface area (Å²) in [5.74, 6) is -3.30. The number of carbonyl (C=O) groups is 1. The molecule has 1 atom stereocenters. The monoisotopic (exact) mass is 244 g/mol. The van der Waals surface area contributed by atoms with Crippen LogP contribution in [0.5, 0.6) is 0 Å². The van der Waals surface area contributed by atoms with Crippen molar-refractivity contribution in [3.8, 4) is 0 Å². The number of carboxylic acid groups (broad SMARTS) is 1. The number of ether oxygens (including phenoxy) is 1. The second-order valence-corrected chi connectivity index (χ2v) is 4.10.